The van der Waals surface area contributed by atoms with Crippen molar-refractivity contribution in [3.8, 4) is 0 Å². The van der Waals surface area contributed by atoms with E-state index in [0.717, 1.165) is 12.1 Å². The predicted octanol–water partition coefficient (Wildman–Crippen LogP) is 2.70. The van der Waals surface area contributed by atoms with Gasteiger partial charge in [-0.25, -0.2) is 18.4 Å². The standard InChI is InChI=1S/C11H9BrF2N4/c1-6-5-18(11(15)17-6)16-4-8-9(12)2-7(13)3-10(8)14/h2-5H,1H3,(H2,15,17). The Kier molecular flexibility index (Phi) is 3.42. The van der Waals surface area contributed by atoms with E-state index in [4.69, 9.17) is 5.73 Å². The lowest BCUT2D eigenvalue weighted by Crippen LogP contribution is -1.99. The van der Waals surface area contributed by atoms with Crippen LogP contribution in [0.5, 0.6) is 0 Å². The molecule has 7 heteroatoms. The Balaban J connectivity index is 2.37. The van der Waals surface area contributed by atoms with E-state index in [-0.39, 0.29) is 16.0 Å². The summed E-state index contributed by atoms with van der Waals surface area (Å²) < 4.78 is 28.0. The number of nitrogens with two attached hydrogens (primary N) is 1. The smallest absolute Gasteiger partial charge is 0.221 e. The van der Waals surface area contributed by atoms with E-state index in [1.807, 2.05) is 0 Å². The number of hydrogen-bond acceptors (Lipinski definition) is 3. The lowest BCUT2D eigenvalue weighted by Gasteiger charge is -2.01. The Labute approximate surface area is 110 Å². The van der Waals surface area contributed by atoms with Crippen molar-refractivity contribution in [1.82, 2.24) is 9.66 Å². The average molecular weight is 315 g/mol. The molecule has 94 valence electrons. The maximum Gasteiger partial charge on any atom is 0.221 e. The monoisotopic (exact) mass is 314 g/mol. The minimum atomic E-state index is -0.707. The molecule has 4 nitrogen and oxygen atoms in total. The summed E-state index contributed by atoms with van der Waals surface area (Å²) in [6, 6.07) is 1.95. The second kappa shape index (κ2) is 4.85. The molecule has 0 bridgehead atoms. The van der Waals surface area contributed by atoms with Gasteiger partial charge in [0, 0.05) is 16.1 Å². The van der Waals surface area contributed by atoms with Gasteiger partial charge in [-0.3, -0.25) is 0 Å². The number of halogens is 3. The fraction of sp³-hybridized carbons (Fsp3) is 0.0909. The predicted molar refractivity (Wildman–Crippen MR) is 68.4 cm³/mol. The highest BCUT2D eigenvalue weighted by Gasteiger charge is 2.08. The third kappa shape index (κ3) is 2.56. The molecule has 0 amide bonds. The zero-order chi connectivity index (χ0) is 13.3. The Morgan fingerprint density at radius 2 is 2.17 bits per heavy atom. The van der Waals surface area contributed by atoms with Crippen LogP contribution in [-0.4, -0.2) is 15.9 Å². The van der Waals surface area contributed by atoms with Crippen molar-refractivity contribution in [2.75, 3.05) is 5.73 Å². The van der Waals surface area contributed by atoms with Gasteiger partial charge in [0.2, 0.25) is 5.95 Å². The average Bonchev–Trinajstić information content (AvgIpc) is 2.55. The second-order valence-electron chi connectivity index (χ2n) is 3.61. The number of rotatable bonds is 2. The molecule has 1 heterocycles. The summed E-state index contributed by atoms with van der Waals surface area (Å²) in [4.78, 5) is 3.94. The van der Waals surface area contributed by atoms with Crippen LogP contribution in [0.3, 0.4) is 0 Å². The number of benzene rings is 1. The van der Waals surface area contributed by atoms with Crippen molar-refractivity contribution in [3.05, 3.63) is 45.7 Å². The van der Waals surface area contributed by atoms with Crippen LogP contribution < -0.4 is 5.73 Å². The molecule has 0 aliphatic rings. The Hall–Kier alpha value is -1.76. The minimum Gasteiger partial charge on any atom is -0.368 e. The summed E-state index contributed by atoms with van der Waals surface area (Å²) in [7, 11) is 0. The number of nitrogen functional groups attached to an aromatic ring is 1. The topological polar surface area (TPSA) is 56.2 Å². The summed E-state index contributed by atoms with van der Waals surface area (Å²) in [6.45, 7) is 1.76. The molecule has 0 radical (unpaired) electrons. The van der Waals surface area contributed by atoms with E-state index in [1.54, 1.807) is 13.1 Å². The van der Waals surface area contributed by atoms with Crippen molar-refractivity contribution in [2.45, 2.75) is 6.92 Å². The largest absolute Gasteiger partial charge is 0.368 e. The zero-order valence-electron chi connectivity index (χ0n) is 9.36. The molecule has 18 heavy (non-hydrogen) atoms. The molecular weight excluding hydrogens is 306 g/mol. The quantitative estimate of drug-likeness (QED) is 0.866. The molecule has 1 aromatic heterocycles. The van der Waals surface area contributed by atoms with Gasteiger partial charge in [0.1, 0.15) is 11.6 Å². The molecule has 1 aromatic carbocycles. The van der Waals surface area contributed by atoms with Crippen molar-refractivity contribution in [1.29, 1.82) is 0 Å². The molecule has 2 aromatic rings. The molecule has 2 rings (SSSR count). The van der Waals surface area contributed by atoms with Gasteiger partial charge in [0.15, 0.2) is 0 Å². The molecule has 0 spiro atoms. The molecule has 2 N–H and O–H groups in total. The number of anilines is 1. The fourth-order valence-electron chi connectivity index (χ4n) is 1.39. The maximum absolute atomic E-state index is 13.5. The zero-order valence-corrected chi connectivity index (χ0v) is 10.9. The van der Waals surface area contributed by atoms with Crippen LogP contribution in [0, 0.1) is 18.6 Å². The molecule has 0 aliphatic heterocycles. The van der Waals surface area contributed by atoms with Crippen LogP contribution in [0.25, 0.3) is 0 Å². The van der Waals surface area contributed by atoms with Crippen molar-refractivity contribution in [3.63, 3.8) is 0 Å². The van der Waals surface area contributed by atoms with Gasteiger partial charge in [-0.15, -0.1) is 0 Å². The normalized spacial score (nSPS) is 11.3. The summed E-state index contributed by atoms with van der Waals surface area (Å²) >= 11 is 3.07. The summed E-state index contributed by atoms with van der Waals surface area (Å²) in [5.74, 6) is -1.17. The number of aryl methyl sites for hydroxylation is 1. The molecule has 0 fully saturated rings. The van der Waals surface area contributed by atoms with Gasteiger partial charge in [0.25, 0.3) is 0 Å². The number of nitrogens with zero attached hydrogens (tertiary/aromatic N) is 3. The van der Waals surface area contributed by atoms with Gasteiger partial charge in [-0.1, -0.05) is 0 Å². The molecular formula is C11H9BrF2N4. The third-order valence-corrected chi connectivity index (χ3v) is 2.85. The van der Waals surface area contributed by atoms with Crippen LogP contribution >= 0.6 is 15.9 Å². The first-order valence-electron chi connectivity index (χ1n) is 4.97. The van der Waals surface area contributed by atoms with Crippen LogP contribution in [0.4, 0.5) is 14.7 Å². The van der Waals surface area contributed by atoms with Gasteiger partial charge >= 0.3 is 0 Å². The highest BCUT2D eigenvalue weighted by Crippen LogP contribution is 2.20. The first kappa shape index (κ1) is 12.7. The van der Waals surface area contributed by atoms with Gasteiger partial charge in [0.05, 0.1) is 18.1 Å². The summed E-state index contributed by atoms with van der Waals surface area (Å²) in [6.07, 6.45) is 2.84. The van der Waals surface area contributed by atoms with Crippen LogP contribution in [0.1, 0.15) is 11.3 Å². The van der Waals surface area contributed by atoms with Crippen molar-refractivity contribution in [2.24, 2.45) is 5.10 Å². The van der Waals surface area contributed by atoms with E-state index in [0.29, 0.717) is 5.69 Å². The molecule has 0 saturated carbocycles. The second-order valence-corrected chi connectivity index (χ2v) is 4.47. The molecule has 0 unspecified atom stereocenters. The maximum atomic E-state index is 13.5. The van der Waals surface area contributed by atoms with Crippen molar-refractivity contribution >= 4 is 28.1 Å². The van der Waals surface area contributed by atoms with Crippen molar-refractivity contribution < 1.29 is 8.78 Å². The molecule has 0 atom stereocenters. The van der Waals surface area contributed by atoms with Crippen LogP contribution in [0.15, 0.2) is 27.9 Å². The summed E-state index contributed by atoms with van der Waals surface area (Å²) in [5.41, 5.74) is 6.42. The van der Waals surface area contributed by atoms with E-state index in [9.17, 15) is 8.78 Å². The lowest BCUT2D eigenvalue weighted by molar-refractivity contribution is 0.580. The Morgan fingerprint density at radius 1 is 1.44 bits per heavy atom. The SMILES string of the molecule is Cc1cn(N=Cc2c(F)cc(F)cc2Br)c(N)n1. The highest BCUT2D eigenvalue weighted by molar-refractivity contribution is 9.10. The number of hydrogen-bond donors (Lipinski definition) is 1. The first-order chi connectivity index (χ1) is 8.47. The van der Waals surface area contributed by atoms with Gasteiger partial charge < -0.3 is 5.73 Å². The van der Waals surface area contributed by atoms with E-state index in [1.165, 1.54) is 10.9 Å². The van der Waals surface area contributed by atoms with Gasteiger partial charge in [-0.2, -0.15) is 5.10 Å². The Morgan fingerprint density at radius 3 is 2.72 bits per heavy atom. The summed E-state index contributed by atoms with van der Waals surface area (Å²) in [5, 5.41) is 3.96. The van der Waals surface area contributed by atoms with Gasteiger partial charge in [-0.05, 0) is 28.9 Å². The molecule has 0 aliphatic carbocycles. The lowest BCUT2D eigenvalue weighted by atomic mass is 10.2. The Bertz CT molecular complexity index is 598. The number of imidazole rings is 1. The van der Waals surface area contributed by atoms with E-state index >= 15 is 0 Å². The fourth-order valence-corrected chi connectivity index (χ4v) is 1.90. The van der Waals surface area contributed by atoms with Crippen LogP contribution in [0.2, 0.25) is 0 Å². The highest BCUT2D eigenvalue weighted by atomic mass is 79.9. The number of aromatic nitrogens is 2. The van der Waals surface area contributed by atoms with E-state index < -0.39 is 11.6 Å². The third-order valence-electron chi connectivity index (χ3n) is 2.19. The molecule has 0 saturated heterocycles. The first-order valence-corrected chi connectivity index (χ1v) is 5.77. The van der Waals surface area contributed by atoms with Crippen LogP contribution in [-0.2, 0) is 0 Å². The van der Waals surface area contributed by atoms with E-state index in [2.05, 4.69) is 26.0 Å². The minimum absolute atomic E-state index is 0.141.